The van der Waals surface area contributed by atoms with Crippen LogP contribution in [0.3, 0.4) is 0 Å². The number of amides is 1. The summed E-state index contributed by atoms with van der Waals surface area (Å²) in [5.41, 5.74) is 5.49. The molecule has 0 aromatic carbocycles. The fourth-order valence-corrected chi connectivity index (χ4v) is 24.2. The highest BCUT2D eigenvalue weighted by Crippen LogP contribution is 2.50. The van der Waals surface area contributed by atoms with Crippen LogP contribution in [0, 0.1) is 17.8 Å². The zero-order valence-corrected chi connectivity index (χ0v) is 67.4. The minimum absolute atomic E-state index is 0.0274. The number of ketones is 3. The summed E-state index contributed by atoms with van der Waals surface area (Å²) in [6.07, 6.45) is 51.7. The summed E-state index contributed by atoms with van der Waals surface area (Å²) in [5.74, 6) is 4.13. The SMILES string of the molecule is O=C1CCC2(CCCCC2)n2c1cc1cnc(NC3CCC(N4CCN(C(=O)C5CC5)CC4)CC3)nc12.O=C1CCC2(CCCCC2)n2c1cc1cnc(NC3CCC(N4CCN(C(F)(F)C5CC5)CC4)CC3)nc12.O=C1CCC2(CCCCC2)n2c1cc1cnc(NC3CCC(N4CCN(CC5CCCC5)CC4)CC3)nc12. The van der Waals surface area contributed by atoms with E-state index in [2.05, 4.69) is 70.2 Å². The van der Waals surface area contributed by atoms with Gasteiger partial charge in [0, 0.05) is 204 Å². The maximum absolute atomic E-state index is 14.5. The number of aromatic nitrogens is 9. The predicted octanol–water partition coefficient (Wildman–Crippen LogP) is 15.4. The Labute approximate surface area is 666 Å². The van der Waals surface area contributed by atoms with Crippen LogP contribution in [-0.2, 0) is 21.4 Å². The average Bonchev–Trinajstić information content (AvgIpc) is 1.46. The van der Waals surface area contributed by atoms with Gasteiger partial charge in [-0.2, -0.15) is 23.7 Å². The minimum atomic E-state index is -2.61. The lowest BCUT2D eigenvalue weighted by Crippen LogP contribution is -2.56. The molecule has 0 bridgehead atoms. The second-order valence-corrected chi connectivity index (χ2v) is 38.1. The van der Waals surface area contributed by atoms with E-state index in [9.17, 15) is 28.0 Å². The van der Waals surface area contributed by atoms with Gasteiger partial charge in [0.1, 0.15) is 16.9 Å². The molecule has 6 aromatic rings. The van der Waals surface area contributed by atoms with Gasteiger partial charge >= 0.3 is 6.05 Å². The first-order chi connectivity index (χ1) is 55.2. The highest BCUT2D eigenvalue weighted by Gasteiger charge is 2.52. The molecule has 3 N–H and O–H groups in total. The molecular formula is C89H126F2N18O4. The summed E-state index contributed by atoms with van der Waals surface area (Å²) >= 11 is 0. The lowest BCUT2D eigenvalue weighted by molar-refractivity contribution is -0.176. The first-order valence-corrected chi connectivity index (χ1v) is 45.6. The summed E-state index contributed by atoms with van der Waals surface area (Å²) < 4.78 is 35.9. The quantitative estimate of drug-likeness (QED) is 0.0864. The zero-order valence-electron chi connectivity index (χ0n) is 67.4. The minimum Gasteiger partial charge on any atom is -0.351 e. The maximum atomic E-state index is 14.5. The van der Waals surface area contributed by atoms with Crippen LogP contribution in [0.2, 0.25) is 0 Å². The van der Waals surface area contributed by atoms with Crippen LogP contribution in [0.5, 0.6) is 0 Å². The third-order valence-electron chi connectivity index (χ3n) is 31.1. The summed E-state index contributed by atoms with van der Waals surface area (Å²) in [4.78, 5) is 94.0. The monoisotopic (exact) mass is 1550 g/mol. The normalized spacial score (nSPS) is 28.9. The molecule has 9 saturated carbocycles. The van der Waals surface area contributed by atoms with Crippen molar-refractivity contribution < 1.29 is 28.0 Å². The smallest absolute Gasteiger partial charge is 0.307 e. The maximum Gasteiger partial charge on any atom is 0.307 e. The number of fused-ring (bicyclic) bond motifs is 12. The van der Waals surface area contributed by atoms with Gasteiger partial charge < -0.3 is 39.5 Å². The third-order valence-corrected chi connectivity index (χ3v) is 31.1. The third kappa shape index (κ3) is 15.8. The summed E-state index contributed by atoms with van der Waals surface area (Å²) in [7, 11) is 0. The van der Waals surface area contributed by atoms with Gasteiger partial charge in [-0.15, -0.1) is 0 Å². The fourth-order valence-electron chi connectivity index (χ4n) is 24.2. The largest absolute Gasteiger partial charge is 0.351 e. The van der Waals surface area contributed by atoms with Crippen molar-refractivity contribution in [2.45, 2.75) is 322 Å². The van der Waals surface area contributed by atoms with Crippen LogP contribution in [0.25, 0.3) is 33.1 Å². The molecule has 12 fully saturated rings. The van der Waals surface area contributed by atoms with E-state index in [1.54, 1.807) is 0 Å². The zero-order chi connectivity index (χ0) is 76.4. The van der Waals surface area contributed by atoms with Crippen molar-refractivity contribution in [1.82, 2.24) is 73.0 Å². The van der Waals surface area contributed by atoms with E-state index in [1.165, 1.54) is 172 Å². The van der Waals surface area contributed by atoms with Gasteiger partial charge in [-0.25, -0.2) is 19.9 Å². The highest BCUT2D eigenvalue weighted by molar-refractivity contribution is 6.02. The number of anilines is 3. The molecule has 3 saturated heterocycles. The number of hydrogen-bond acceptors (Lipinski definition) is 18. The van der Waals surface area contributed by atoms with Gasteiger partial charge in [0.05, 0.1) is 17.1 Å². The molecule has 24 heteroatoms. The Kier molecular flexibility index (Phi) is 21.9. The van der Waals surface area contributed by atoms with Crippen LogP contribution < -0.4 is 16.0 Å². The van der Waals surface area contributed by atoms with E-state index in [0.29, 0.717) is 99.1 Å². The molecule has 0 atom stereocenters. The van der Waals surface area contributed by atoms with Crippen molar-refractivity contribution in [2.75, 3.05) is 101 Å². The van der Waals surface area contributed by atoms with E-state index in [-0.39, 0.29) is 34.0 Å². The Morgan fingerprint density at radius 2 is 0.743 bits per heavy atom. The summed E-state index contributed by atoms with van der Waals surface area (Å²) in [6.45, 7) is 12.6. The number of carbonyl (C=O) groups excluding carboxylic acids is 4. The molecule has 113 heavy (non-hydrogen) atoms. The van der Waals surface area contributed by atoms with Gasteiger partial charge in [0.15, 0.2) is 17.3 Å². The summed E-state index contributed by atoms with van der Waals surface area (Å²) in [6, 6.07) is 6.43. The van der Waals surface area contributed by atoms with E-state index < -0.39 is 12.0 Å². The van der Waals surface area contributed by atoms with Crippen molar-refractivity contribution in [2.24, 2.45) is 17.8 Å². The molecule has 0 radical (unpaired) electrons. The van der Waals surface area contributed by atoms with E-state index in [4.69, 9.17) is 19.9 Å². The van der Waals surface area contributed by atoms with Crippen LogP contribution in [0.4, 0.5) is 26.6 Å². The van der Waals surface area contributed by atoms with Crippen LogP contribution >= 0.6 is 0 Å². The second kappa shape index (κ2) is 32.4. The van der Waals surface area contributed by atoms with Crippen molar-refractivity contribution in [3.05, 3.63) is 53.9 Å². The van der Waals surface area contributed by atoms with Crippen molar-refractivity contribution >= 4 is 74.2 Å². The van der Waals surface area contributed by atoms with Crippen molar-refractivity contribution in [1.29, 1.82) is 0 Å². The number of carbonyl (C=O) groups is 4. The molecule has 9 aliphatic carbocycles. The Bertz CT molecular complexity index is 4380. The topological polar surface area (TPSA) is 216 Å². The van der Waals surface area contributed by atoms with Crippen LogP contribution in [-0.4, -0.2) is 224 Å². The molecular weight excluding hydrogens is 1420 g/mol. The molecule has 22 nitrogen and oxygen atoms in total. The number of nitrogens with one attached hydrogen (secondary N) is 3. The lowest BCUT2D eigenvalue weighted by Gasteiger charge is -2.44. The Hall–Kier alpha value is -6.60. The fraction of sp³-hybridized carbons (Fsp3) is 0.753. The molecule has 12 heterocycles. The number of hydrogen-bond donors (Lipinski definition) is 3. The van der Waals surface area contributed by atoms with Crippen LogP contribution in [0.1, 0.15) is 295 Å². The standard InChI is InChI=1S/C31H46N6O.C29H40F2N6O.C29H40N6O2/c38-28-12-15-31(13-4-1-5-14-31)37-27(28)20-24-21-32-30(34-29(24)37)33-25-8-10-26(11-9-25)36-18-16-35(17-19-36)22-23-6-2-3-7-23;30-29(31,21-4-5-21)36-16-14-35(15-17-36)23-8-6-22(7-9-23)33-27-32-19-20-18-24-25(38)10-13-28(11-2-1-3-12-28)37(24)26(20)34-27;36-25-10-13-29(11-2-1-3-12-29)35-24(25)18-21-19-30-28(32-26(21)35)31-22-6-8-23(9-7-22)33-14-16-34(17-15-33)27(37)20-4-5-20/h20-21,23,25-26H,1-19,22H2,(H,32,33,34);18-19,21-23H,1-17H2,(H,32,33,34);18-20,22-23H,1-17H2,(H,30,31,32). The van der Waals surface area contributed by atoms with Crippen molar-refractivity contribution in [3.63, 3.8) is 0 Å². The number of halogens is 2. The Morgan fingerprint density at radius 1 is 0.398 bits per heavy atom. The number of piperazine rings is 3. The molecule has 3 spiro atoms. The number of nitrogens with zero attached hydrogens (tertiary/aromatic N) is 15. The van der Waals surface area contributed by atoms with Crippen LogP contribution in [0.15, 0.2) is 36.8 Å². The van der Waals surface area contributed by atoms with E-state index in [1.807, 2.05) is 30.7 Å². The molecule has 6 aliphatic heterocycles. The van der Waals surface area contributed by atoms with E-state index in [0.717, 1.165) is 204 Å². The second-order valence-electron chi connectivity index (χ2n) is 38.1. The van der Waals surface area contributed by atoms with Crippen molar-refractivity contribution in [3.8, 4) is 0 Å². The van der Waals surface area contributed by atoms with Gasteiger partial charge in [-0.1, -0.05) is 70.6 Å². The predicted molar refractivity (Wildman–Crippen MR) is 437 cm³/mol. The molecule has 0 unspecified atom stereocenters. The van der Waals surface area contributed by atoms with Gasteiger partial charge in [-0.05, 0) is 197 Å². The molecule has 610 valence electrons. The van der Waals surface area contributed by atoms with Gasteiger partial charge in [-0.3, -0.25) is 33.9 Å². The molecule has 21 rings (SSSR count). The molecule has 15 aliphatic rings. The summed E-state index contributed by atoms with van der Waals surface area (Å²) in [5, 5.41) is 13.9. The lowest BCUT2D eigenvalue weighted by atomic mass is 9.75. The number of alkyl halides is 2. The van der Waals surface area contributed by atoms with Gasteiger partial charge in [0.2, 0.25) is 23.8 Å². The molecule has 1 amide bonds. The first-order valence-electron chi connectivity index (χ1n) is 45.6. The average molecular weight is 1550 g/mol. The first kappa shape index (κ1) is 76.4. The number of Topliss-reactive ketones (excluding diaryl/α,β-unsaturated/α-hetero) is 3. The highest BCUT2D eigenvalue weighted by atomic mass is 19.3. The Balaban J connectivity index is 0.000000114. The van der Waals surface area contributed by atoms with Gasteiger partial charge in [0.25, 0.3) is 0 Å². The Morgan fingerprint density at radius 3 is 1.09 bits per heavy atom. The molecule has 6 aromatic heterocycles. The number of rotatable bonds is 14. The van der Waals surface area contributed by atoms with E-state index >= 15 is 0 Å².